The van der Waals surface area contributed by atoms with E-state index in [1.54, 1.807) is 5.56 Å². The molecule has 0 aromatic heterocycles. The van der Waals surface area contributed by atoms with Crippen molar-refractivity contribution in [3.8, 4) is 0 Å². The molecule has 13 heavy (non-hydrogen) atoms. The Morgan fingerprint density at radius 1 is 1.38 bits per heavy atom. The molecule has 0 amide bonds. The Labute approximate surface area is 78.7 Å². The highest BCUT2D eigenvalue weighted by Crippen LogP contribution is 2.50. The van der Waals surface area contributed by atoms with Crippen molar-refractivity contribution in [2.24, 2.45) is 0 Å². The van der Waals surface area contributed by atoms with Gasteiger partial charge in [-0.3, -0.25) is 0 Å². The van der Waals surface area contributed by atoms with Gasteiger partial charge in [-0.05, 0) is 22.6 Å². The highest BCUT2D eigenvalue weighted by Gasteiger charge is 2.47. The van der Waals surface area contributed by atoms with Crippen molar-refractivity contribution >= 4 is 0 Å². The maximum Gasteiger partial charge on any atom is 0.110 e. The van der Waals surface area contributed by atoms with Crippen LogP contribution in [0.4, 0.5) is 0 Å². The molecule has 3 rings (SSSR count). The summed E-state index contributed by atoms with van der Waals surface area (Å²) in [5.74, 6) is 0.646. The van der Waals surface area contributed by atoms with E-state index in [9.17, 15) is 0 Å². The standard InChI is InChI=1S/C12H14O/c1-7(2)8-4-3-5-9-10(8)6-11-12(9)13-11/h3-5,7,11-12H,6H2,1-2H3. The molecule has 1 aliphatic carbocycles. The smallest absolute Gasteiger partial charge is 0.110 e. The summed E-state index contributed by atoms with van der Waals surface area (Å²) in [6.45, 7) is 4.53. The fourth-order valence-corrected chi connectivity index (χ4v) is 2.44. The molecule has 0 spiro atoms. The monoisotopic (exact) mass is 174 g/mol. The fourth-order valence-electron chi connectivity index (χ4n) is 2.44. The van der Waals surface area contributed by atoms with Gasteiger partial charge in [-0.25, -0.2) is 0 Å². The van der Waals surface area contributed by atoms with Crippen molar-refractivity contribution in [2.45, 2.75) is 38.4 Å². The zero-order chi connectivity index (χ0) is 9.00. The molecule has 0 radical (unpaired) electrons. The van der Waals surface area contributed by atoms with E-state index in [0.717, 1.165) is 6.42 Å². The van der Waals surface area contributed by atoms with E-state index in [1.807, 2.05) is 0 Å². The first-order valence-corrected chi connectivity index (χ1v) is 5.04. The summed E-state index contributed by atoms with van der Waals surface area (Å²) >= 11 is 0. The zero-order valence-corrected chi connectivity index (χ0v) is 8.08. The van der Waals surface area contributed by atoms with Crippen LogP contribution in [-0.2, 0) is 11.2 Å². The van der Waals surface area contributed by atoms with Gasteiger partial charge in [-0.2, -0.15) is 0 Å². The van der Waals surface area contributed by atoms with Crippen LogP contribution < -0.4 is 0 Å². The topological polar surface area (TPSA) is 12.5 Å². The maximum absolute atomic E-state index is 5.51. The summed E-state index contributed by atoms with van der Waals surface area (Å²) in [7, 11) is 0. The summed E-state index contributed by atoms with van der Waals surface area (Å²) in [6.07, 6.45) is 2.12. The van der Waals surface area contributed by atoms with E-state index in [4.69, 9.17) is 4.74 Å². The van der Waals surface area contributed by atoms with Crippen LogP contribution in [0.1, 0.15) is 42.6 Å². The second kappa shape index (κ2) is 2.36. The van der Waals surface area contributed by atoms with Gasteiger partial charge in [0.05, 0.1) is 6.10 Å². The molecule has 0 bridgehead atoms. The number of hydrogen-bond acceptors (Lipinski definition) is 1. The quantitative estimate of drug-likeness (QED) is 0.596. The van der Waals surface area contributed by atoms with E-state index < -0.39 is 0 Å². The van der Waals surface area contributed by atoms with Crippen LogP contribution in [0.3, 0.4) is 0 Å². The first-order chi connectivity index (χ1) is 6.27. The van der Waals surface area contributed by atoms with Crippen LogP contribution in [0.25, 0.3) is 0 Å². The van der Waals surface area contributed by atoms with E-state index >= 15 is 0 Å². The lowest BCUT2D eigenvalue weighted by atomic mass is 9.94. The summed E-state index contributed by atoms with van der Waals surface area (Å²) in [6, 6.07) is 6.64. The molecule has 1 saturated heterocycles. The largest absolute Gasteiger partial charge is 0.364 e. The Morgan fingerprint density at radius 3 is 3.00 bits per heavy atom. The van der Waals surface area contributed by atoms with Crippen LogP contribution in [0.2, 0.25) is 0 Å². The zero-order valence-electron chi connectivity index (χ0n) is 8.08. The second-order valence-electron chi connectivity index (χ2n) is 4.37. The van der Waals surface area contributed by atoms with E-state index in [2.05, 4.69) is 32.0 Å². The van der Waals surface area contributed by atoms with Crippen molar-refractivity contribution in [3.63, 3.8) is 0 Å². The predicted octanol–water partition coefficient (Wildman–Crippen LogP) is 2.81. The van der Waals surface area contributed by atoms with Gasteiger partial charge in [0.25, 0.3) is 0 Å². The Kier molecular flexibility index (Phi) is 1.37. The predicted molar refractivity (Wildman–Crippen MR) is 51.8 cm³/mol. The molecule has 2 aliphatic rings. The van der Waals surface area contributed by atoms with Crippen molar-refractivity contribution in [1.29, 1.82) is 0 Å². The third-order valence-corrected chi connectivity index (χ3v) is 3.16. The van der Waals surface area contributed by atoms with Gasteiger partial charge in [0.1, 0.15) is 6.10 Å². The molecule has 68 valence electrons. The summed E-state index contributed by atoms with van der Waals surface area (Å²) in [5, 5.41) is 0. The molecule has 1 fully saturated rings. The maximum atomic E-state index is 5.51. The minimum Gasteiger partial charge on any atom is -0.364 e. The molecule has 2 atom stereocenters. The lowest BCUT2D eigenvalue weighted by Gasteiger charge is -2.12. The SMILES string of the molecule is CC(C)c1cccc2c1CC1OC21. The lowest BCUT2D eigenvalue weighted by Crippen LogP contribution is -1.98. The van der Waals surface area contributed by atoms with E-state index in [1.165, 1.54) is 11.1 Å². The van der Waals surface area contributed by atoms with Crippen LogP contribution in [-0.4, -0.2) is 6.10 Å². The highest BCUT2D eigenvalue weighted by atomic mass is 16.6. The molecular formula is C12H14O. The Balaban J connectivity index is 2.13. The number of rotatable bonds is 1. The Morgan fingerprint density at radius 2 is 2.23 bits per heavy atom. The minimum absolute atomic E-state index is 0.452. The van der Waals surface area contributed by atoms with Crippen molar-refractivity contribution < 1.29 is 4.74 Å². The average Bonchev–Trinajstić information content (AvgIpc) is 2.78. The van der Waals surface area contributed by atoms with Gasteiger partial charge >= 0.3 is 0 Å². The number of fused-ring (bicyclic) bond motifs is 3. The molecule has 1 aromatic carbocycles. The van der Waals surface area contributed by atoms with Gasteiger partial charge in [-0.1, -0.05) is 32.0 Å². The summed E-state index contributed by atoms with van der Waals surface area (Å²) in [4.78, 5) is 0. The first-order valence-electron chi connectivity index (χ1n) is 5.04. The second-order valence-corrected chi connectivity index (χ2v) is 4.37. The highest BCUT2D eigenvalue weighted by molar-refractivity contribution is 5.45. The molecule has 1 nitrogen and oxygen atoms in total. The summed E-state index contributed by atoms with van der Waals surface area (Å²) in [5.41, 5.74) is 4.54. The number of hydrogen-bond donors (Lipinski definition) is 0. The number of ether oxygens (including phenoxy) is 1. The summed E-state index contributed by atoms with van der Waals surface area (Å²) < 4.78 is 5.51. The molecular weight excluding hydrogens is 160 g/mol. The van der Waals surface area contributed by atoms with Gasteiger partial charge in [0.2, 0.25) is 0 Å². The normalized spacial score (nSPS) is 28.8. The van der Waals surface area contributed by atoms with Crippen LogP contribution in [0, 0.1) is 0 Å². The van der Waals surface area contributed by atoms with Gasteiger partial charge < -0.3 is 4.74 Å². The molecule has 2 unspecified atom stereocenters. The van der Waals surface area contributed by atoms with Crippen molar-refractivity contribution in [2.75, 3.05) is 0 Å². The fraction of sp³-hybridized carbons (Fsp3) is 0.500. The Hall–Kier alpha value is -0.820. The van der Waals surface area contributed by atoms with Gasteiger partial charge in [0.15, 0.2) is 0 Å². The first kappa shape index (κ1) is 7.57. The molecule has 0 N–H and O–H groups in total. The number of benzene rings is 1. The van der Waals surface area contributed by atoms with Crippen LogP contribution in [0.15, 0.2) is 18.2 Å². The minimum atomic E-state index is 0.452. The molecule has 0 saturated carbocycles. The molecule has 1 heterocycles. The van der Waals surface area contributed by atoms with Crippen molar-refractivity contribution in [3.05, 3.63) is 34.9 Å². The molecule has 1 aromatic rings. The third kappa shape index (κ3) is 0.969. The third-order valence-electron chi connectivity index (χ3n) is 3.16. The lowest BCUT2D eigenvalue weighted by molar-refractivity contribution is 0.360. The van der Waals surface area contributed by atoms with Crippen LogP contribution >= 0.6 is 0 Å². The van der Waals surface area contributed by atoms with Gasteiger partial charge in [0, 0.05) is 6.42 Å². The van der Waals surface area contributed by atoms with Gasteiger partial charge in [-0.15, -0.1) is 0 Å². The molecule has 1 heteroatoms. The number of epoxide rings is 1. The van der Waals surface area contributed by atoms with Crippen molar-refractivity contribution in [1.82, 2.24) is 0 Å². The van der Waals surface area contributed by atoms with E-state index in [0.29, 0.717) is 18.1 Å². The Bertz CT molecular complexity index is 354. The molecule has 1 aliphatic heterocycles. The average molecular weight is 174 g/mol. The van der Waals surface area contributed by atoms with Crippen LogP contribution in [0.5, 0.6) is 0 Å². The van der Waals surface area contributed by atoms with E-state index in [-0.39, 0.29) is 0 Å².